The van der Waals surface area contributed by atoms with Gasteiger partial charge in [-0.1, -0.05) is 231 Å². The first-order chi connectivity index (χ1) is 45.8. The molecule has 0 aliphatic carbocycles. The van der Waals surface area contributed by atoms with Gasteiger partial charge in [-0.2, -0.15) is 0 Å². The monoisotopic (exact) mass is 1370 g/mol. The first kappa shape index (κ1) is 75.0. The van der Waals surface area contributed by atoms with Crippen LogP contribution in [-0.2, 0) is 51.8 Å². The van der Waals surface area contributed by atoms with Crippen molar-refractivity contribution in [2.24, 2.45) is 0 Å². The molecule has 9 rings (SSSR count). The second kappa shape index (κ2) is 30.3. The van der Waals surface area contributed by atoms with Crippen LogP contribution >= 0.6 is 46.5 Å². The van der Waals surface area contributed by atoms with Gasteiger partial charge in [-0.25, -0.2) is 0 Å². The zero-order chi connectivity index (χ0) is 70.7. The average Bonchev–Trinajstić information content (AvgIpc) is 0.762. The highest BCUT2D eigenvalue weighted by Crippen LogP contribution is 2.55. The van der Waals surface area contributed by atoms with Gasteiger partial charge >= 0.3 is 8.60 Å². The fraction of sp³-hybridized carbons (Fsp3) is 0.379. The fourth-order valence-electron chi connectivity index (χ4n) is 13.7. The highest BCUT2D eigenvalue weighted by Gasteiger charge is 2.37. The summed E-state index contributed by atoms with van der Waals surface area (Å²) in [5, 5.41) is 31.7. The largest absolute Gasteiger partial charge is 0.530 e. The van der Waals surface area contributed by atoms with Crippen LogP contribution in [0.25, 0.3) is 33.4 Å². The van der Waals surface area contributed by atoms with Gasteiger partial charge in [0.15, 0.2) is 0 Å². The maximum atomic E-state index is 10.6. The highest BCUT2D eigenvalue weighted by molar-refractivity contribution is 7.80. The Morgan fingerprint density at radius 3 is 0.773 bits per heavy atom. The fourth-order valence-corrected chi connectivity index (χ4v) is 15.6. The third kappa shape index (κ3) is 16.2. The Hall–Kier alpha value is -6.26. The van der Waals surface area contributed by atoms with Gasteiger partial charge in [0.05, 0.1) is 19.8 Å². The minimum Gasteiger partial charge on any atom is -0.408 e. The molecule has 512 valence electrons. The van der Waals surface area contributed by atoms with Gasteiger partial charge in [0.2, 0.25) is 0 Å². The molecule has 3 unspecified atom stereocenters. The summed E-state index contributed by atoms with van der Waals surface area (Å²) in [4.78, 5) is 2.64. The molecule has 0 aliphatic rings. The number of aliphatic hydroxyl groups is 3. The van der Waals surface area contributed by atoms with E-state index in [0.717, 1.165) is 151 Å². The molecule has 0 amide bonds. The third-order valence-corrected chi connectivity index (χ3v) is 22.9. The molecule has 3 N–H and O–H groups in total. The van der Waals surface area contributed by atoms with Crippen molar-refractivity contribution >= 4 is 46.5 Å². The Morgan fingerprint density at radius 1 is 0.330 bits per heavy atom. The van der Waals surface area contributed by atoms with Crippen molar-refractivity contribution in [2.75, 3.05) is 19.8 Å². The smallest absolute Gasteiger partial charge is 0.408 e. The normalized spacial score (nSPS) is 14.4. The van der Waals surface area contributed by atoms with Crippen LogP contribution in [0.1, 0.15) is 207 Å². The van der Waals surface area contributed by atoms with Crippen LogP contribution in [0.4, 0.5) is 0 Å². The molecule has 3 atom stereocenters. The number of aliphatic hydroxyl groups excluding tert-OH is 3. The zero-order valence-corrected chi connectivity index (χ0v) is 64.4. The molecule has 97 heavy (non-hydrogen) atoms. The standard InChI is InChI=1S/C87H105O6PS3/c1-19-85(16,52-88)64-40-34-58(73(95)49-64)46-61-37-43-70(79(82(7,8)9)76(61)67-31-25-22-28-55(67)4)91-94(92-71-44-38-62(47-59-35-41-65(50-74(59)96)86(17,20-2)53-89)77(80(71)83(10,11)12)68-32-26-23-29-56(68)5)93-72-45-39-63(48-60-36-42-66(51-75(60)97)87(18,21-3)54-90)78(81(72)84(13,14)15)69-33-27-24-30-57(69)6/h22-45,49-51,88-90,95-97H,19-21,46-48,52-54H2,1-18H3. The molecule has 9 aromatic rings. The van der Waals surface area contributed by atoms with E-state index in [0.29, 0.717) is 36.5 Å². The molecule has 6 nitrogen and oxygen atoms in total. The van der Waals surface area contributed by atoms with Crippen LogP contribution < -0.4 is 13.6 Å². The Labute approximate surface area is 599 Å². The molecule has 0 aromatic heterocycles. The van der Waals surface area contributed by atoms with Gasteiger partial charge in [-0.15, -0.1) is 37.9 Å². The Morgan fingerprint density at radius 2 is 0.567 bits per heavy atom. The number of aryl methyl sites for hydroxylation is 3. The van der Waals surface area contributed by atoms with E-state index in [2.05, 4.69) is 288 Å². The van der Waals surface area contributed by atoms with Crippen LogP contribution in [0, 0.1) is 20.8 Å². The summed E-state index contributed by atoms with van der Waals surface area (Å²) in [6.07, 6.45) is 4.18. The average molecular weight is 1370 g/mol. The summed E-state index contributed by atoms with van der Waals surface area (Å²) < 4.78 is 23.4. The topological polar surface area (TPSA) is 88.4 Å². The molecule has 0 fully saturated rings. The lowest BCUT2D eigenvalue weighted by Gasteiger charge is -2.33. The number of benzene rings is 9. The summed E-state index contributed by atoms with van der Waals surface area (Å²) in [5.41, 5.74) is 20.3. The van der Waals surface area contributed by atoms with Crippen molar-refractivity contribution in [3.05, 3.63) is 247 Å². The molecular formula is C87H105O6PS3. The molecule has 0 aliphatic heterocycles. The second-order valence-corrected chi connectivity index (χ2v) is 33.3. The lowest BCUT2D eigenvalue weighted by molar-refractivity contribution is 0.201. The SMILES string of the molecule is CCC(C)(CO)c1ccc(Cc2ccc(OP(Oc3ccc(Cc4ccc(C(C)(CC)CO)cc4S)c(-c4ccccc4C)c3C(C)(C)C)Oc3ccc(Cc4ccc(C(C)(CC)CO)cc4S)c(-c4ccccc4C)c3C(C)(C)C)c(C(C)(C)C)c2-c2ccccc2C)c(S)c1. The number of thiol groups is 3. The van der Waals surface area contributed by atoms with Crippen molar-refractivity contribution in [3.63, 3.8) is 0 Å². The Balaban J connectivity index is 1.30. The first-order valence-electron chi connectivity index (χ1n) is 34.6. The van der Waals surface area contributed by atoms with E-state index >= 15 is 0 Å². The van der Waals surface area contributed by atoms with E-state index in [1.165, 1.54) is 0 Å². The summed E-state index contributed by atoms with van der Waals surface area (Å²) in [6, 6.07) is 58.3. The lowest BCUT2D eigenvalue weighted by Crippen LogP contribution is -2.25. The van der Waals surface area contributed by atoms with Gasteiger partial charge in [0.25, 0.3) is 0 Å². The summed E-state index contributed by atoms with van der Waals surface area (Å²) in [7, 11) is -2.39. The van der Waals surface area contributed by atoms with Gasteiger partial charge in [0.1, 0.15) is 17.2 Å². The van der Waals surface area contributed by atoms with Crippen LogP contribution in [-0.4, -0.2) is 35.1 Å². The van der Waals surface area contributed by atoms with E-state index in [4.69, 9.17) is 51.5 Å². The van der Waals surface area contributed by atoms with Gasteiger partial charge in [-0.3, -0.25) is 0 Å². The second-order valence-electron chi connectivity index (χ2n) is 30.9. The molecule has 0 saturated heterocycles. The molecule has 0 bridgehead atoms. The number of rotatable bonds is 24. The molecule has 0 saturated carbocycles. The van der Waals surface area contributed by atoms with E-state index in [1.807, 2.05) is 0 Å². The quantitative estimate of drug-likeness (QED) is 0.0267. The van der Waals surface area contributed by atoms with Crippen molar-refractivity contribution in [3.8, 4) is 50.6 Å². The van der Waals surface area contributed by atoms with E-state index in [-0.39, 0.29) is 36.1 Å². The van der Waals surface area contributed by atoms with Gasteiger partial charge in [-0.05, 0) is 212 Å². The van der Waals surface area contributed by atoms with Crippen molar-refractivity contribution < 1.29 is 28.9 Å². The zero-order valence-electron chi connectivity index (χ0n) is 60.8. The van der Waals surface area contributed by atoms with Crippen molar-refractivity contribution in [1.82, 2.24) is 0 Å². The molecular weight excluding hydrogens is 1270 g/mol. The summed E-state index contributed by atoms with van der Waals surface area (Å²) >= 11 is 15.5. The van der Waals surface area contributed by atoms with Crippen molar-refractivity contribution in [2.45, 2.75) is 210 Å². The van der Waals surface area contributed by atoms with Crippen LogP contribution in [0.3, 0.4) is 0 Å². The maximum Gasteiger partial charge on any atom is 0.530 e. The molecule has 0 heterocycles. The minimum atomic E-state index is -2.39. The van der Waals surface area contributed by atoms with Crippen LogP contribution in [0.15, 0.2) is 178 Å². The lowest BCUT2D eigenvalue weighted by atomic mass is 9.77. The summed E-state index contributed by atoms with van der Waals surface area (Å²) in [6.45, 7) is 39.7. The molecule has 10 heteroatoms. The predicted octanol–water partition coefficient (Wildman–Crippen LogP) is 22.9. The Kier molecular flexibility index (Phi) is 23.4. The summed E-state index contributed by atoms with van der Waals surface area (Å²) in [5.74, 6) is 1.96. The van der Waals surface area contributed by atoms with Crippen molar-refractivity contribution in [1.29, 1.82) is 0 Å². The van der Waals surface area contributed by atoms with E-state index in [9.17, 15) is 15.3 Å². The number of hydrogen-bond donors (Lipinski definition) is 6. The van der Waals surface area contributed by atoms with E-state index < -0.39 is 24.8 Å². The van der Waals surface area contributed by atoms with Crippen LogP contribution in [0.2, 0.25) is 0 Å². The first-order valence-corrected chi connectivity index (χ1v) is 37.0. The highest BCUT2D eigenvalue weighted by atomic mass is 32.1. The Bertz CT molecular complexity index is 3850. The van der Waals surface area contributed by atoms with Gasteiger partial charge in [0, 0.05) is 47.6 Å². The third-order valence-electron chi connectivity index (χ3n) is 20.6. The predicted molar refractivity (Wildman–Crippen MR) is 418 cm³/mol. The minimum absolute atomic E-state index is 0.0454. The van der Waals surface area contributed by atoms with E-state index in [1.54, 1.807) is 0 Å². The van der Waals surface area contributed by atoms with Gasteiger partial charge < -0.3 is 28.9 Å². The number of hydrogen-bond acceptors (Lipinski definition) is 9. The van der Waals surface area contributed by atoms with Crippen LogP contribution in [0.5, 0.6) is 17.2 Å². The molecule has 0 radical (unpaired) electrons. The molecule has 0 spiro atoms. The maximum absolute atomic E-state index is 10.6. The molecule has 9 aromatic carbocycles.